The molecule has 0 radical (unpaired) electrons. The second-order valence-corrected chi connectivity index (χ2v) is 7.25. The molecule has 2 aliphatic rings. The van der Waals surface area contributed by atoms with Gasteiger partial charge in [-0.1, -0.05) is 37.6 Å². The average molecular weight is 357 g/mol. The fourth-order valence-corrected chi connectivity index (χ4v) is 3.68. The van der Waals surface area contributed by atoms with Crippen LogP contribution in [0.25, 0.3) is 0 Å². The van der Waals surface area contributed by atoms with Crippen molar-refractivity contribution in [3.05, 3.63) is 58.6 Å². The molecule has 4 rings (SSSR count). The maximum absolute atomic E-state index is 6.23. The smallest absolute Gasteiger partial charge is 0.190 e. The van der Waals surface area contributed by atoms with Crippen LogP contribution in [-0.4, -0.2) is 24.1 Å². The molecule has 2 aromatic carbocycles. The molecule has 0 saturated heterocycles. The van der Waals surface area contributed by atoms with E-state index in [0.29, 0.717) is 5.92 Å². The van der Waals surface area contributed by atoms with Crippen LogP contribution in [0.1, 0.15) is 37.4 Å². The molecule has 130 valence electrons. The van der Waals surface area contributed by atoms with Gasteiger partial charge in [0.15, 0.2) is 6.23 Å². The monoisotopic (exact) mass is 356 g/mol. The van der Waals surface area contributed by atoms with Gasteiger partial charge in [0.1, 0.15) is 11.5 Å². The summed E-state index contributed by atoms with van der Waals surface area (Å²) < 4.78 is 11.6. The van der Waals surface area contributed by atoms with E-state index in [1.54, 1.807) is 7.11 Å². The Morgan fingerprint density at radius 1 is 1.24 bits per heavy atom. The summed E-state index contributed by atoms with van der Waals surface area (Å²) >= 11 is 6.23. The third-order valence-electron chi connectivity index (χ3n) is 4.75. The lowest BCUT2D eigenvalue weighted by molar-refractivity contribution is -0.0461. The summed E-state index contributed by atoms with van der Waals surface area (Å²) in [6, 6.07) is 14.0. The number of benzene rings is 2. The highest BCUT2D eigenvalue weighted by Gasteiger charge is 2.41. The Hall–Kier alpha value is -2.20. The second-order valence-electron chi connectivity index (χ2n) is 6.81. The zero-order valence-electron chi connectivity index (χ0n) is 14.6. The molecule has 0 spiro atoms. The van der Waals surface area contributed by atoms with Gasteiger partial charge >= 0.3 is 0 Å². The molecule has 2 aromatic rings. The fraction of sp³-hybridized carbons (Fsp3) is 0.350. The van der Waals surface area contributed by atoms with E-state index in [-0.39, 0.29) is 12.3 Å². The second kappa shape index (κ2) is 6.26. The van der Waals surface area contributed by atoms with Gasteiger partial charge in [-0.25, -0.2) is 5.01 Å². The molecular formula is C20H21ClN2O2. The van der Waals surface area contributed by atoms with Gasteiger partial charge in [-0.15, -0.1) is 0 Å². The largest absolute Gasteiger partial charge is 0.497 e. The maximum Gasteiger partial charge on any atom is 0.190 e. The Balaban J connectivity index is 1.75. The number of halogens is 1. The summed E-state index contributed by atoms with van der Waals surface area (Å²) in [5.41, 5.74) is 3.23. The first-order valence-corrected chi connectivity index (χ1v) is 8.91. The number of ether oxygens (including phenoxy) is 2. The summed E-state index contributed by atoms with van der Waals surface area (Å²) in [6.45, 7) is 4.31. The van der Waals surface area contributed by atoms with Crippen LogP contribution < -0.4 is 9.47 Å². The van der Waals surface area contributed by atoms with Gasteiger partial charge in [0.05, 0.1) is 18.9 Å². The van der Waals surface area contributed by atoms with Crippen molar-refractivity contribution in [2.45, 2.75) is 32.5 Å². The molecule has 4 nitrogen and oxygen atoms in total. The van der Waals surface area contributed by atoms with Crippen LogP contribution in [-0.2, 0) is 0 Å². The fourth-order valence-electron chi connectivity index (χ4n) is 3.50. The first-order chi connectivity index (χ1) is 12.1. The predicted octanol–water partition coefficient (Wildman–Crippen LogP) is 4.87. The van der Waals surface area contributed by atoms with Crippen LogP contribution in [0.5, 0.6) is 11.5 Å². The molecule has 2 heterocycles. The summed E-state index contributed by atoms with van der Waals surface area (Å²) in [5, 5.41) is 7.73. The molecule has 5 heteroatoms. The Morgan fingerprint density at radius 3 is 2.84 bits per heavy atom. The average Bonchev–Trinajstić information content (AvgIpc) is 3.06. The molecule has 0 N–H and O–H groups in total. The molecule has 0 amide bonds. The maximum atomic E-state index is 6.23. The predicted molar refractivity (Wildman–Crippen MR) is 99.4 cm³/mol. The number of nitrogens with zero attached hydrogens (tertiary/aromatic N) is 2. The van der Waals surface area contributed by atoms with E-state index < -0.39 is 0 Å². The van der Waals surface area contributed by atoms with Crippen molar-refractivity contribution in [2.75, 3.05) is 7.11 Å². The summed E-state index contributed by atoms with van der Waals surface area (Å²) in [6.07, 6.45) is 0.745. The van der Waals surface area contributed by atoms with Crippen LogP contribution in [0.15, 0.2) is 47.6 Å². The van der Waals surface area contributed by atoms with Crippen LogP contribution in [0, 0.1) is 5.92 Å². The number of hydrogen-bond acceptors (Lipinski definition) is 4. The van der Waals surface area contributed by atoms with Crippen molar-refractivity contribution in [1.29, 1.82) is 0 Å². The quantitative estimate of drug-likeness (QED) is 0.786. The van der Waals surface area contributed by atoms with Crippen molar-refractivity contribution < 1.29 is 9.47 Å². The molecule has 0 saturated carbocycles. The molecule has 25 heavy (non-hydrogen) atoms. The topological polar surface area (TPSA) is 34.1 Å². The van der Waals surface area contributed by atoms with Crippen molar-refractivity contribution in [2.24, 2.45) is 11.0 Å². The molecular weight excluding hydrogens is 336 g/mol. The SMILES string of the molecule is COc1cccc(C2=NN3[C@@H](C(C)C)Oc4ccc(Cl)cc4[C@@H]3C2)c1. The minimum atomic E-state index is -0.0817. The summed E-state index contributed by atoms with van der Waals surface area (Å²) in [5.74, 6) is 2.07. The first-order valence-electron chi connectivity index (χ1n) is 8.53. The van der Waals surface area contributed by atoms with Crippen LogP contribution in [0.2, 0.25) is 5.02 Å². The highest BCUT2D eigenvalue weighted by atomic mass is 35.5. The van der Waals surface area contributed by atoms with E-state index in [1.807, 2.05) is 36.4 Å². The molecule has 0 aliphatic carbocycles. The van der Waals surface area contributed by atoms with Gasteiger partial charge in [-0.3, -0.25) is 0 Å². The Labute approximate surface area is 153 Å². The van der Waals surface area contributed by atoms with E-state index in [2.05, 4.69) is 24.9 Å². The van der Waals surface area contributed by atoms with E-state index in [1.165, 1.54) is 0 Å². The Bertz CT molecular complexity index is 834. The lowest BCUT2D eigenvalue weighted by Gasteiger charge is -2.40. The number of hydrazone groups is 1. The van der Waals surface area contributed by atoms with Gasteiger partial charge in [0.2, 0.25) is 0 Å². The Kier molecular flexibility index (Phi) is 4.08. The van der Waals surface area contributed by atoms with Gasteiger partial charge in [0, 0.05) is 28.5 Å². The Morgan fingerprint density at radius 2 is 2.08 bits per heavy atom. The number of hydrogen-bond donors (Lipinski definition) is 0. The molecule has 0 unspecified atom stereocenters. The molecule has 0 fully saturated rings. The van der Waals surface area contributed by atoms with E-state index in [4.69, 9.17) is 26.2 Å². The standard InChI is InChI=1S/C20H21ClN2O2/c1-12(2)20-23-18(16-10-14(21)7-8-19(16)25-20)11-17(22-23)13-5-4-6-15(9-13)24-3/h4-10,12,18,20H,11H2,1-3H3/t18-,20+/m0/s1. The third-order valence-corrected chi connectivity index (χ3v) is 4.99. The minimum Gasteiger partial charge on any atom is -0.497 e. The summed E-state index contributed by atoms with van der Waals surface area (Å²) in [7, 11) is 1.68. The zero-order valence-corrected chi connectivity index (χ0v) is 15.3. The lowest BCUT2D eigenvalue weighted by atomic mass is 9.95. The van der Waals surface area contributed by atoms with Crippen LogP contribution in [0.4, 0.5) is 0 Å². The van der Waals surface area contributed by atoms with Crippen molar-refractivity contribution in [1.82, 2.24) is 5.01 Å². The third kappa shape index (κ3) is 2.85. The minimum absolute atomic E-state index is 0.0817. The first kappa shape index (κ1) is 16.3. The van der Waals surface area contributed by atoms with Crippen molar-refractivity contribution in [3.63, 3.8) is 0 Å². The van der Waals surface area contributed by atoms with E-state index >= 15 is 0 Å². The number of rotatable bonds is 3. The zero-order chi connectivity index (χ0) is 17.6. The van der Waals surface area contributed by atoms with Crippen molar-refractivity contribution in [3.8, 4) is 11.5 Å². The molecule has 2 aliphatic heterocycles. The van der Waals surface area contributed by atoms with E-state index in [9.17, 15) is 0 Å². The highest BCUT2D eigenvalue weighted by Crippen LogP contribution is 2.45. The van der Waals surface area contributed by atoms with Crippen LogP contribution >= 0.6 is 11.6 Å². The lowest BCUT2D eigenvalue weighted by Crippen LogP contribution is -2.43. The van der Waals surface area contributed by atoms with Gasteiger partial charge in [0.25, 0.3) is 0 Å². The molecule has 2 atom stereocenters. The molecule has 0 bridgehead atoms. The summed E-state index contributed by atoms with van der Waals surface area (Å²) in [4.78, 5) is 0. The number of methoxy groups -OCH3 is 1. The van der Waals surface area contributed by atoms with Crippen LogP contribution in [0.3, 0.4) is 0 Å². The van der Waals surface area contributed by atoms with E-state index in [0.717, 1.165) is 39.8 Å². The van der Waals surface area contributed by atoms with Gasteiger partial charge in [-0.05, 0) is 30.3 Å². The van der Waals surface area contributed by atoms with Gasteiger partial charge < -0.3 is 9.47 Å². The van der Waals surface area contributed by atoms with Gasteiger partial charge in [-0.2, -0.15) is 5.10 Å². The highest BCUT2D eigenvalue weighted by molar-refractivity contribution is 6.30. The van der Waals surface area contributed by atoms with Crippen molar-refractivity contribution >= 4 is 17.3 Å². The normalized spacial score (nSPS) is 21.5. The number of fused-ring (bicyclic) bond motifs is 3. The molecule has 0 aromatic heterocycles.